The molecule has 1 heteroatoms. The van der Waals surface area contributed by atoms with E-state index in [-0.39, 0.29) is 0 Å². The summed E-state index contributed by atoms with van der Waals surface area (Å²) in [6.45, 7) is 0. The summed E-state index contributed by atoms with van der Waals surface area (Å²) in [4.78, 5) is 0. The second-order valence-corrected chi connectivity index (χ2v) is 18.2. The van der Waals surface area contributed by atoms with Gasteiger partial charge in [-0.15, -0.1) is 0 Å². The van der Waals surface area contributed by atoms with Crippen molar-refractivity contribution in [3.05, 3.63) is 303 Å². The molecule has 0 fully saturated rings. The van der Waals surface area contributed by atoms with E-state index >= 15 is 0 Å². The minimum absolute atomic E-state index is 0.745. The zero-order chi connectivity index (χ0) is 48.8. The molecule has 344 valence electrons. The van der Waals surface area contributed by atoms with Gasteiger partial charge in [0.1, 0.15) is 11.5 Å². The minimum Gasteiger partial charge on any atom is -0.456 e. The van der Waals surface area contributed by atoms with Gasteiger partial charge in [-0.1, -0.05) is 291 Å². The third kappa shape index (κ3) is 8.86. The van der Waals surface area contributed by atoms with Gasteiger partial charge in [-0.2, -0.15) is 0 Å². The Kier molecular flexibility index (Phi) is 12.5. The van der Waals surface area contributed by atoms with Crippen molar-refractivity contribution in [3.8, 4) is 123 Å². The van der Waals surface area contributed by atoms with Crippen LogP contribution in [0.25, 0.3) is 111 Å². The lowest BCUT2D eigenvalue weighted by Crippen LogP contribution is -2.01. The van der Waals surface area contributed by atoms with Crippen molar-refractivity contribution in [1.29, 1.82) is 0 Å². The molecular formula is C72H50O. The molecule has 0 saturated carbocycles. The van der Waals surface area contributed by atoms with Crippen LogP contribution < -0.4 is 4.74 Å². The van der Waals surface area contributed by atoms with Crippen LogP contribution in [0.2, 0.25) is 0 Å². The van der Waals surface area contributed by atoms with E-state index in [2.05, 4.69) is 303 Å². The van der Waals surface area contributed by atoms with Gasteiger partial charge in [-0.25, -0.2) is 0 Å². The first-order chi connectivity index (χ1) is 36.3. The van der Waals surface area contributed by atoms with Crippen LogP contribution in [0.1, 0.15) is 0 Å². The molecule has 0 amide bonds. The van der Waals surface area contributed by atoms with Crippen LogP contribution in [-0.4, -0.2) is 0 Å². The fourth-order valence-corrected chi connectivity index (χ4v) is 10.5. The molecule has 12 aromatic rings. The molecule has 1 nitrogen and oxygen atoms in total. The predicted octanol–water partition coefficient (Wildman–Crippen LogP) is 20.1. The van der Waals surface area contributed by atoms with Crippen LogP contribution in [0.5, 0.6) is 11.5 Å². The Hall–Kier alpha value is -9.56. The second-order valence-electron chi connectivity index (χ2n) is 18.2. The number of hydrogen-bond donors (Lipinski definition) is 0. The molecule has 0 atom stereocenters. The summed E-state index contributed by atoms with van der Waals surface area (Å²) in [5.74, 6) is 1.49. The van der Waals surface area contributed by atoms with E-state index in [1.807, 2.05) is 0 Å². The summed E-state index contributed by atoms with van der Waals surface area (Å²) in [5.41, 5.74) is 22.1. The average Bonchev–Trinajstić information content (AvgIpc) is 3.48. The summed E-state index contributed by atoms with van der Waals surface area (Å²) in [6, 6.07) is 109. The topological polar surface area (TPSA) is 9.23 Å². The Balaban J connectivity index is 1.22. The Morgan fingerprint density at radius 2 is 0.329 bits per heavy atom. The molecule has 73 heavy (non-hydrogen) atoms. The first-order valence-electron chi connectivity index (χ1n) is 25.0. The molecule has 0 bridgehead atoms. The second kappa shape index (κ2) is 20.4. The zero-order valence-corrected chi connectivity index (χ0v) is 40.3. The molecule has 0 N–H and O–H groups in total. The van der Waals surface area contributed by atoms with Crippen molar-refractivity contribution in [3.63, 3.8) is 0 Å². The Morgan fingerprint density at radius 3 is 0.575 bits per heavy atom. The van der Waals surface area contributed by atoms with Crippen molar-refractivity contribution < 1.29 is 4.74 Å². The van der Waals surface area contributed by atoms with Gasteiger partial charge < -0.3 is 4.74 Å². The number of hydrogen-bond acceptors (Lipinski definition) is 1. The van der Waals surface area contributed by atoms with Crippen LogP contribution in [0, 0.1) is 0 Å². The maximum atomic E-state index is 7.93. The van der Waals surface area contributed by atoms with E-state index in [0.29, 0.717) is 0 Å². The standard InChI is InChI=1S/C72H50O/c1-7-27-51(28-8-1)57-39-19-23-43-63(57)69-61(55-35-15-5-16-36-55)47-49-67(71(69)65-45-25-21-41-59(65)53-31-11-3-12-32-53)73-68-50-48-62(56-37-17-6-18-38-56)70(64-44-24-20-40-58(64)52-29-9-2-10-30-52)72(68)66-46-26-22-42-60(66)54-33-13-4-14-34-54/h1-50H. The predicted molar refractivity (Wildman–Crippen MR) is 307 cm³/mol. The van der Waals surface area contributed by atoms with Gasteiger partial charge in [0, 0.05) is 22.3 Å². The van der Waals surface area contributed by atoms with Crippen molar-refractivity contribution in [2.45, 2.75) is 0 Å². The van der Waals surface area contributed by atoms with Gasteiger partial charge in [0.05, 0.1) is 0 Å². The SMILES string of the molecule is c1ccc(-c2ccccc2-c2c(Oc3ccc(-c4ccccc4)c(-c4ccccc4-c4ccccc4)c3-c3ccccc3-c3ccccc3)ccc(-c3ccccc3)c2-c2ccccc2-c2ccccc2)cc1. The molecule has 0 saturated heterocycles. The summed E-state index contributed by atoms with van der Waals surface area (Å²) < 4.78 is 7.93. The summed E-state index contributed by atoms with van der Waals surface area (Å²) in [7, 11) is 0. The van der Waals surface area contributed by atoms with E-state index in [0.717, 1.165) is 123 Å². The molecule has 0 heterocycles. The van der Waals surface area contributed by atoms with Crippen LogP contribution in [0.15, 0.2) is 303 Å². The molecule has 12 aromatic carbocycles. The van der Waals surface area contributed by atoms with Crippen LogP contribution in [0.3, 0.4) is 0 Å². The third-order valence-electron chi connectivity index (χ3n) is 13.8. The highest BCUT2D eigenvalue weighted by Crippen LogP contribution is 2.55. The van der Waals surface area contributed by atoms with Crippen LogP contribution in [0.4, 0.5) is 0 Å². The monoisotopic (exact) mass is 930 g/mol. The quantitative estimate of drug-likeness (QED) is 0.119. The number of ether oxygens (including phenoxy) is 1. The molecule has 0 spiro atoms. The van der Waals surface area contributed by atoms with E-state index < -0.39 is 0 Å². The van der Waals surface area contributed by atoms with Crippen LogP contribution >= 0.6 is 0 Å². The highest BCUT2D eigenvalue weighted by Gasteiger charge is 2.28. The lowest BCUT2D eigenvalue weighted by molar-refractivity contribution is 0.487. The van der Waals surface area contributed by atoms with Gasteiger partial charge in [0.25, 0.3) is 0 Å². The summed E-state index contributed by atoms with van der Waals surface area (Å²) >= 11 is 0. The van der Waals surface area contributed by atoms with E-state index in [1.165, 1.54) is 0 Å². The van der Waals surface area contributed by atoms with Crippen molar-refractivity contribution in [2.24, 2.45) is 0 Å². The number of benzene rings is 12. The fourth-order valence-electron chi connectivity index (χ4n) is 10.5. The molecule has 0 aliphatic heterocycles. The lowest BCUT2D eigenvalue weighted by atomic mass is 9.81. The normalized spacial score (nSPS) is 11.0. The average molecular weight is 931 g/mol. The Morgan fingerprint density at radius 1 is 0.137 bits per heavy atom. The fraction of sp³-hybridized carbons (Fsp3) is 0. The largest absolute Gasteiger partial charge is 0.456 e. The highest BCUT2D eigenvalue weighted by atomic mass is 16.5. The molecule has 0 aromatic heterocycles. The summed E-state index contributed by atoms with van der Waals surface area (Å²) in [6.07, 6.45) is 0. The van der Waals surface area contributed by atoms with Gasteiger partial charge in [-0.3, -0.25) is 0 Å². The van der Waals surface area contributed by atoms with Crippen molar-refractivity contribution in [1.82, 2.24) is 0 Å². The van der Waals surface area contributed by atoms with E-state index in [1.54, 1.807) is 0 Å². The molecule has 12 rings (SSSR count). The molecule has 0 aliphatic rings. The van der Waals surface area contributed by atoms with E-state index in [9.17, 15) is 0 Å². The maximum absolute atomic E-state index is 7.93. The first kappa shape index (κ1) is 44.6. The van der Waals surface area contributed by atoms with Gasteiger partial charge >= 0.3 is 0 Å². The molecular weight excluding hydrogens is 881 g/mol. The third-order valence-corrected chi connectivity index (χ3v) is 13.8. The van der Waals surface area contributed by atoms with Gasteiger partial charge in [0.2, 0.25) is 0 Å². The van der Waals surface area contributed by atoms with Crippen LogP contribution in [-0.2, 0) is 0 Å². The zero-order valence-electron chi connectivity index (χ0n) is 40.3. The Bertz CT molecular complexity index is 3570. The van der Waals surface area contributed by atoms with Crippen molar-refractivity contribution in [2.75, 3.05) is 0 Å². The molecule has 0 aliphatic carbocycles. The lowest BCUT2D eigenvalue weighted by Gasteiger charge is -2.26. The van der Waals surface area contributed by atoms with E-state index in [4.69, 9.17) is 4.74 Å². The maximum Gasteiger partial charge on any atom is 0.135 e. The summed E-state index contributed by atoms with van der Waals surface area (Å²) in [5, 5.41) is 0. The Labute approximate surface area is 428 Å². The molecule has 0 radical (unpaired) electrons. The highest BCUT2D eigenvalue weighted by molar-refractivity contribution is 6.07. The van der Waals surface area contributed by atoms with Crippen molar-refractivity contribution >= 4 is 0 Å². The van der Waals surface area contributed by atoms with Gasteiger partial charge in [0.15, 0.2) is 0 Å². The first-order valence-corrected chi connectivity index (χ1v) is 25.0. The smallest absolute Gasteiger partial charge is 0.135 e. The number of rotatable bonds is 12. The van der Waals surface area contributed by atoms with Gasteiger partial charge in [-0.05, 0) is 101 Å². The minimum atomic E-state index is 0.745. The molecule has 0 unspecified atom stereocenters.